The highest BCUT2D eigenvalue weighted by molar-refractivity contribution is 6.09. The van der Waals surface area contributed by atoms with Gasteiger partial charge in [0.1, 0.15) is 5.75 Å². The molecule has 0 aliphatic carbocycles. The van der Waals surface area contributed by atoms with Crippen molar-refractivity contribution in [3.63, 3.8) is 0 Å². The van der Waals surface area contributed by atoms with Crippen LogP contribution in [0.1, 0.15) is 21.6 Å². The van der Waals surface area contributed by atoms with E-state index in [1.54, 1.807) is 40.1 Å². The van der Waals surface area contributed by atoms with Crippen molar-refractivity contribution in [2.24, 2.45) is 0 Å². The molecule has 0 saturated carbocycles. The molecule has 9 heteroatoms. The number of ether oxygens (including phenoxy) is 1. The number of piperazine rings is 1. The molecule has 0 radical (unpaired) electrons. The van der Waals surface area contributed by atoms with Gasteiger partial charge in [0.05, 0.1) is 29.4 Å². The van der Waals surface area contributed by atoms with Crippen molar-refractivity contribution in [1.82, 2.24) is 25.0 Å². The highest BCUT2D eigenvalue weighted by atomic mass is 16.5. The smallest absolute Gasteiger partial charge is 0.409 e. The standard InChI is InChI=1S/C27H25N5O4/c1-36-27(35)32-15-13-31(14-16-32)26(34)21-17-23(19-8-10-20(33)11-9-19)28-25-24(21)22(29-30-25)12-7-18-5-3-2-4-6-18/h2-12,17,33H,13-16H2,1H3,(H,28,29,30)/b12-7+. The number of fused-ring (bicyclic) bond motifs is 1. The summed E-state index contributed by atoms with van der Waals surface area (Å²) < 4.78 is 4.81. The summed E-state index contributed by atoms with van der Waals surface area (Å²) in [4.78, 5) is 33.7. The van der Waals surface area contributed by atoms with Crippen LogP contribution in [0.5, 0.6) is 5.75 Å². The highest BCUT2D eigenvalue weighted by Crippen LogP contribution is 2.29. The van der Waals surface area contributed by atoms with Crippen LogP contribution in [0.2, 0.25) is 0 Å². The molecule has 2 aromatic heterocycles. The number of carbonyl (C=O) groups is 2. The minimum atomic E-state index is -0.397. The number of hydrogen-bond acceptors (Lipinski definition) is 6. The summed E-state index contributed by atoms with van der Waals surface area (Å²) in [6.07, 6.45) is 3.40. The number of nitrogens with one attached hydrogen (secondary N) is 1. The van der Waals surface area contributed by atoms with Gasteiger partial charge in [-0.05, 0) is 42.0 Å². The average molecular weight is 484 g/mol. The third-order valence-electron chi connectivity index (χ3n) is 6.18. The molecular weight excluding hydrogens is 458 g/mol. The van der Waals surface area contributed by atoms with Gasteiger partial charge in [0.2, 0.25) is 0 Å². The number of methoxy groups -OCH3 is 1. The quantitative estimate of drug-likeness (QED) is 0.453. The van der Waals surface area contributed by atoms with Crippen molar-refractivity contribution >= 4 is 35.2 Å². The van der Waals surface area contributed by atoms with Crippen LogP contribution < -0.4 is 0 Å². The molecule has 1 aliphatic rings. The maximum absolute atomic E-state index is 13.8. The molecule has 5 rings (SSSR count). The average Bonchev–Trinajstić information content (AvgIpc) is 3.34. The Kier molecular flexibility index (Phi) is 6.36. The first kappa shape index (κ1) is 23.1. The summed E-state index contributed by atoms with van der Waals surface area (Å²) in [5.41, 5.74) is 3.92. The first-order valence-electron chi connectivity index (χ1n) is 11.6. The van der Waals surface area contributed by atoms with Crippen molar-refractivity contribution in [1.29, 1.82) is 0 Å². The normalized spacial score (nSPS) is 13.9. The van der Waals surface area contributed by atoms with E-state index in [9.17, 15) is 14.7 Å². The Hall–Kier alpha value is -4.66. The van der Waals surface area contributed by atoms with E-state index >= 15 is 0 Å². The number of H-pyrrole nitrogens is 1. The first-order valence-corrected chi connectivity index (χ1v) is 11.6. The maximum atomic E-state index is 13.8. The summed E-state index contributed by atoms with van der Waals surface area (Å²) in [6, 6.07) is 18.3. The number of hydrogen-bond donors (Lipinski definition) is 2. The van der Waals surface area contributed by atoms with Gasteiger partial charge in [0.25, 0.3) is 5.91 Å². The summed E-state index contributed by atoms with van der Waals surface area (Å²) in [5, 5.41) is 17.7. The minimum Gasteiger partial charge on any atom is -0.508 e. The van der Waals surface area contributed by atoms with Crippen molar-refractivity contribution in [2.75, 3.05) is 33.3 Å². The second-order valence-corrected chi connectivity index (χ2v) is 8.43. The van der Waals surface area contributed by atoms with Gasteiger partial charge in [-0.25, -0.2) is 9.78 Å². The molecule has 36 heavy (non-hydrogen) atoms. The molecule has 1 fully saturated rings. The Balaban J connectivity index is 1.55. The Morgan fingerprint density at radius 2 is 1.67 bits per heavy atom. The van der Waals surface area contributed by atoms with Crippen LogP contribution in [0.15, 0.2) is 60.7 Å². The lowest BCUT2D eigenvalue weighted by Crippen LogP contribution is -2.50. The Morgan fingerprint density at radius 1 is 0.972 bits per heavy atom. The number of phenols is 1. The Morgan fingerprint density at radius 3 is 2.36 bits per heavy atom. The fourth-order valence-corrected chi connectivity index (χ4v) is 4.25. The molecule has 182 valence electrons. The zero-order valence-electron chi connectivity index (χ0n) is 19.7. The fourth-order valence-electron chi connectivity index (χ4n) is 4.25. The fraction of sp³-hybridized carbons (Fsp3) is 0.185. The van der Waals surface area contributed by atoms with Gasteiger partial charge in [-0.1, -0.05) is 36.4 Å². The molecule has 1 saturated heterocycles. The van der Waals surface area contributed by atoms with Gasteiger partial charge in [0.15, 0.2) is 5.65 Å². The monoisotopic (exact) mass is 483 g/mol. The zero-order chi connectivity index (χ0) is 25.1. The van der Waals surface area contributed by atoms with Crippen LogP contribution in [-0.4, -0.2) is 75.4 Å². The molecule has 0 spiro atoms. The minimum absolute atomic E-state index is 0.148. The second kappa shape index (κ2) is 9.91. The number of benzene rings is 2. The Labute approximate surface area is 207 Å². The summed E-state index contributed by atoms with van der Waals surface area (Å²) >= 11 is 0. The van der Waals surface area contributed by atoms with Gasteiger partial charge < -0.3 is 19.6 Å². The summed E-state index contributed by atoms with van der Waals surface area (Å²) in [5.74, 6) is -0.0165. The van der Waals surface area contributed by atoms with Crippen LogP contribution in [-0.2, 0) is 4.74 Å². The van der Waals surface area contributed by atoms with E-state index in [-0.39, 0.29) is 11.7 Å². The number of rotatable bonds is 4. The van der Waals surface area contributed by atoms with Gasteiger partial charge in [-0.15, -0.1) is 0 Å². The molecule has 9 nitrogen and oxygen atoms in total. The third-order valence-corrected chi connectivity index (χ3v) is 6.18. The second-order valence-electron chi connectivity index (χ2n) is 8.43. The molecule has 3 heterocycles. The Bertz CT molecular complexity index is 1420. The largest absolute Gasteiger partial charge is 0.508 e. The van der Waals surface area contributed by atoms with Gasteiger partial charge in [0, 0.05) is 31.7 Å². The van der Waals surface area contributed by atoms with E-state index in [0.717, 1.165) is 11.1 Å². The number of nitrogens with zero attached hydrogens (tertiary/aromatic N) is 4. The molecule has 4 aromatic rings. The molecule has 2 aromatic carbocycles. The number of aromatic nitrogens is 3. The van der Waals surface area contributed by atoms with Crippen LogP contribution in [0.3, 0.4) is 0 Å². The molecule has 2 amide bonds. The zero-order valence-corrected chi connectivity index (χ0v) is 19.7. The van der Waals surface area contributed by atoms with Crippen LogP contribution >= 0.6 is 0 Å². The lowest BCUT2D eigenvalue weighted by molar-refractivity contribution is 0.0601. The van der Waals surface area contributed by atoms with Crippen molar-refractivity contribution in [3.8, 4) is 17.0 Å². The summed E-state index contributed by atoms with van der Waals surface area (Å²) in [7, 11) is 1.35. The van der Waals surface area contributed by atoms with Crippen molar-refractivity contribution < 1.29 is 19.4 Å². The van der Waals surface area contributed by atoms with Crippen LogP contribution in [0.25, 0.3) is 34.4 Å². The molecular formula is C27H25N5O4. The number of carbonyl (C=O) groups excluding carboxylic acids is 2. The third kappa shape index (κ3) is 4.63. The van der Waals surface area contributed by atoms with Crippen LogP contribution in [0, 0.1) is 0 Å². The first-order chi connectivity index (χ1) is 17.5. The van der Waals surface area contributed by atoms with Gasteiger partial charge >= 0.3 is 6.09 Å². The van der Waals surface area contributed by atoms with E-state index < -0.39 is 6.09 Å². The topological polar surface area (TPSA) is 112 Å². The van der Waals surface area contributed by atoms with E-state index in [0.29, 0.717) is 54.2 Å². The molecule has 2 N–H and O–H groups in total. The van der Waals surface area contributed by atoms with E-state index in [2.05, 4.69) is 10.2 Å². The highest BCUT2D eigenvalue weighted by Gasteiger charge is 2.28. The number of phenolic OH excluding ortho intramolecular Hbond substituents is 1. The van der Waals surface area contributed by atoms with E-state index in [1.807, 2.05) is 42.5 Å². The lowest BCUT2D eigenvalue weighted by Gasteiger charge is -2.34. The number of aromatic amines is 1. The van der Waals surface area contributed by atoms with E-state index in [4.69, 9.17) is 9.72 Å². The SMILES string of the molecule is COC(=O)N1CCN(C(=O)c2cc(-c3ccc(O)cc3)nc3[nH]nc(/C=C/c4ccccc4)c23)CC1. The van der Waals surface area contributed by atoms with Crippen LogP contribution in [0.4, 0.5) is 4.79 Å². The lowest BCUT2D eigenvalue weighted by atomic mass is 10.0. The molecule has 0 bridgehead atoms. The van der Waals surface area contributed by atoms with Crippen molar-refractivity contribution in [3.05, 3.63) is 77.5 Å². The van der Waals surface area contributed by atoms with Gasteiger partial charge in [-0.3, -0.25) is 9.89 Å². The maximum Gasteiger partial charge on any atom is 0.409 e. The van der Waals surface area contributed by atoms with Gasteiger partial charge in [-0.2, -0.15) is 5.10 Å². The molecule has 0 atom stereocenters. The number of amides is 2. The predicted octanol–water partition coefficient (Wildman–Crippen LogP) is 4.03. The van der Waals surface area contributed by atoms with E-state index in [1.165, 1.54) is 7.11 Å². The number of aromatic hydroxyl groups is 1. The molecule has 1 aliphatic heterocycles. The summed E-state index contributed by atoms with van der Waals surface area (Å²) in [6.45, 7) is 1.56. The number of pyridine rings is 1. The predicted molar refractivity (Wildman–Crippen MR) is 136 cm³/mol. The molecule has 0 unspecified atom stereocenters. The van der Waals surface area contributed by atoms with Crippen molar-refractivity contribution in [2.45, 2.75) is 0 Å².